The number of anilines is 1. The molecule has 0 radical (unpaired) electrons. The highest BCUT2D eigenvalue weighted by Crippen LogP contribution is 2.28. The summed E-state index contributed by atoms with van der Waals surface area (Å²) in [5, 5.41) is 0. The molecule has 4 nitrogen and oxygen atoms in total. The first kappa shape index (κ1) is 12.4. The van der Waals surface area contributed by atoms with Crippen LogP contribution in [0.4, 0.5) is 5.82 Å². The van der Waals surface area contributed by atoms with E-state index in [9.17, 15) is 0 Å². The fourth-order valence-electron chi connectivity index (χ4n) is 1.96. The summed E-state index contributed by atoms with van der Waals surface area (Å²) in [6.45, 7) is 8.65. The molecule has 0 spiro atoms. The summed E-state index contributed by atoms with van der Waals surface area (Å²) >= 11 is 0. The Hall–Kier alpha value is -2.10. The molecule has 0 fully saturated rings. The van der Waals surface area contributed by atoms with Gasteiger partial charge in [-0.2, -0.15) is 0 Å². The summed E-state index contributed by atoms with van der Waals surface area (Å²) in [4.78, 5) is 8.76. The lowest BCUT2D eigenvalue weighted by Crippen LogP contribution is -2.07. The fraction of sp³-hybridized carbons (Fsp3) is 0.286. The Bertz CT molecular complexity index is 540. The van der Waals surface area contributed by atoms with Crippen molar-refractivity contribution in [3.8, 4) is 11.3 Å². The predicted molar refractivity (Wildman–Crippen MR) is 74.2 cm³/mol. The lowest BCUT2D eigenvalue weighted by molar-refractivity contribution is 0.684. The molecule has 4 heteroatoms. The van der Waals surface area contributed by atoms with E-state index in [1.165, 1.54) is 0 Å². The lowest BCUT2D eigenvalue weighted by Gasteiger charge is -2.09. The van der Waals surface area contributed by atoms with Crippen molar-refractivity contribution in [3.63, 3.8) is 0 Å². The number of nitrogens with zero attached hydrogens (tertiary/aromatic N) is 3. The van der Waals surface area contributed by atoms with Crippen LogP contribution in [0, 0.1) is 0 Å². The molecule has 0 aromatic carbocycles. The van der Waals surface area contributed by atoms with Crippen LogP contribution in [0.3, 0.4) is 0 Å². The average molecular weight is 242 g/mol. The number of rotatable bonds is 4. The second-order valence-electron chi connectivity index (χ2n) is 4.50. The molecule has 2 heterocycles. The molecule has 0 aliphatic rings. The first-order chi connectivity index (χ1) is 8.65. The van der Waals surface area contributed by atoms with Crippen LogP contribution in [0.5, 0.6) is 0 Å². The summed E-state index contributed by atoms with van der Waals surface area (Å²) in [5.41, 5.74) is 7.93. The van der Waals surface area contributed by atoms with Gasteiger partial charge in [0.15, 0.2) is 0 Å². The van der Waals surface area contributed by atoms with Crippen molar-refractivity contribution >= 4 is 5.82 Å². The third kappa shape index (κ3) is 2.14. The predicted octanol–water partition coefficient (Wildman–Crippen LogP) is 2.84. The second-order valence-corrected chi connectivity index (χ2v) is 4.50. The van der Waals surface area contributed by atoms with Gasteiger partial charge in [0.2, 0.25) is 0 Å². The fourth-order valence-corrected chi connectivity index (χ4v) is 1.96. The Balaban J connectivity index is 2.56. The van der Waals surface area contributed by atoms with Gasteiger partial charge in [0.05, 0.1) is 0 Å². The number of hydrogen-bond acceptors (Lipinski definition) is 3. The zero-order valence-corrected chi connectivity index (χ0v) is 10.8. The first-order valence-corrected chi connectivity index (χ1v) is 6.02. The third-order valence-electron chi connectivity index (χ3n) is 2.80. The summed E-state index contributed by atoms with van der Waals surface area (Å²) in [5.74, 6) is 1.97. The molecular weight excluding hydrogens is 224 g/mol. The van der Waals surface area contributed by atoms with E-state index in [-0.39, 0.29) is 0 Å². The number of imidazole rings is 1. The van der Waals surface area contributed by atoms with Crippen LogP contribution < -0.4 is 5.73 Å². The maximum atomic E-state index is 6.18. The van der Waals surface area contributed by atoms with Gasteiger partial charge in [0.25, 0.3) is 0 Å². The molecule has 0 aliphatic carbocycles. The van der Waals surface area contributed by atoms with Crippen LogP contribution in [-0.2, 0) is 6.54 Å². The minimum atomic E-state index is 0.317. The maximum Gasteiger partial charge on any atom is 0.132 e. The molecule has 0 saturated carbocycles. The van der Waals surface area contributed by atoms with E-state index >= 15 is 0 Å². The quantitative estimate of drug-likeness (QED) is 0.839. The number of aromatic nitrogens is 3. The third-order valence-corrected chi connectivity index (χ3v) is 2.80. The van der Waals surface area contributed by atoms with Crippen LogP contribution in [0.15, 0.2) is 37.2 Å². The molecule has 94 valence electrons. The van der Waals surface area contributed by atoms with Crippen molar-refractivity contribution < 1.29 is 0 Å². The molecular formula is C14H18N4. The van der Waals surface area contributed by atoms with E-state index in [4.69, 9.17) is 5.73 Å². The second kappa shape index (κ2) is 5.04. The van der Waals surface area contributed by atoms with Gasteiger partial charge in [-0.05, 0) is 12.1 Å². The maximum absolute atomic E-state index is 6.18. The molecule has 2 aromatic heterocycles. The molecule has 0 aliphatic heterocycles. The van der Waals surface area contributed by atoms with E-state index in [0.29, 0.717) is 18.3 Å². The van der Waals surface area contributed by atoms with Gasteiger partial charge in [-0.1, -0.05) is 19.9 Å². The highest BCUT2D eigenvalue weighted by Gasteiger charge is 2.17. The van der Waals surface area contributed by atoms with Crippen molar-refractivity contribution in [1.29, 1.82) is 0 Å². The van der Waals surface area contributed by atoms with Crippen LogP contribution in [0.1, 0.15) is 25.6 Å². The Morgan fingerprint density at radius 1 is 1.50 bits per heavy atom. The Morgan fingerprint density at radius 2 is 2.28 bits per heavy atom. The smallest absolute Gasteiger partial charge is 0.132 e. The van der Waals surface area contributed by atoms with Crippen LogP contribution in [0.2, 0.25) is 0 Å². The Morgan fingerprint density at radius 3 is 2.83 bits per heavy atom. The summed E-state index contributed by atoms with van der Waals surface area (Å²) in [7, 11) is 0. The summed E-state index contributed by atoms with van der Waals surface area (Å²) < 4.78 is 2.00. The molecule has 0 amide bonds. The van der Waals surface area contributed by atoms with Crippen molar-refractivity contribution in [1.82, 2.24) is 14.5 Å². The van der Waals surface area contributed by atoms with Crippen LogP contribution >= 0.6 is 0 Å². The molecule has 2 aromatic rings. The van der Waals surface area contributed by atoms with Gasteiger partial charge < -0.3 is 10.3 Å². The van der Waals surface area contributed by atoms with Gasteiger partial charge in [-0.3, -0.25) is 4.98 Å². The molecule has 0 saturated heterocycles. The number of pyridine rings is 1. The van der Waals surface area contributed by atoms with E-state index in [1.54, 1.807) is 12.4 Å². The molecule has 0 unspecified atom stereocenters. The van der Waals surface area contributed by atoms with Crippen LogP contribution in [-0.4, -0.2) is 14.5 Å². The zero-order chi connectivity index (χ0) is 13.1. The van der Waals surface area contributed by atoms with Gasteiger partial charge in [0.1, 0.15) is 17.3 Å². The van der Waals surface area contributed by atoms with E-state index in [1.807, 2.05) is 22.8 Å². The molecule has 0 atom stereocenters. The molecule has 18 heavy (non-hydrogen) atoms. The topological polar surface area (TPSA) is 56.7 Å². The Labute approximate surface area is 107 Å². The highest BCUT2D eigenvalue weighted by atomic mass is 15.1. The van der Waals surface area contributed by atoms with Crippen molar-refractivity contribution in [2.75, 3.05) is 5.73 Å². The molecule has 0 bridgehead atoms. The zero-order valence-electron chi connectivity index (χ0n) is 10.8. The average Bonchev–Trinajstić information content (AvgIpc) is 2.69. The first-order valence-electron chi connectivity index (χ1n) is 6.02. The van der Waals surface area contributed by atoms with Gasteiger partial charge >= 0.3 is 0 Å². The number of allylic oxidation sites excluding steroid dienone is 1. The minimum absolute atomic E-state index is 0.317. The van der Waals surface area contributed by atoms with Crippen molar-refractivity contribution in [3.05, 3.63) is 43.0 Å². The highest BCUT2D eigenvalue weighted by molar-refractivity contribution is 5.70. The Kier molecular flexibility index (Phi) is 3.46. The number of hydrogen-bond donors (Lipinski definition) is 1. The van der Waals surface area contributed by atoms with E-state index in [0.717, 1.165) is 17.1 Å². The van der Waals surface area contributed by atoms with Crippen molar-refractivity contribution in [2.24, 2.45) is 0 Å². The van der Waals surface area contributed by atoms with Gasteiger partial charge in [-0.25, -0.2) is 4.98 Å². The SMILES string of the molecule is C=CCn1c(C(C)C)nc(-c2cccnc2)c1N. The van der Waals surface area contributed by atoms with E-state index < -0.39 is 0 Å². The lowest BCUT2D eigenvalue weighted by atomic mass is 10.2. The molecule has 2 rings (SSSR count). The largest absolute Gasteiger partial charge is 0.383 e. The van der Waals surface area contributed by atoms with E-state index in [2.05, 4.69) is 30.4 Å². The number of nitrogens with two attached hydrogens (primary N) is 1. The minimum Gasteiger partial charge on any atom is -0.383 e. The van der Waals surface area contributed by atoms with Crippen LogP contribution in [0.25, 0.3) is 11.3 Å². The standard InChI is InChI=1S/C14H18N4/c1-4-8-18-13(15)12(17-14(18)10(2)3)11-6-5-7-16-9-11/h4-7,9-10H,1,8,15H2,2-3H3. The normalized spacial score (nSPS) is 10.8. The van der Waals surface area contributed by atoms with Gasteiger partial charge in [-0.15, -0.1) is 6.58 Å². The summed E-state index contributed by atoms with van der Waals surface area (Å²) in [6, 6.07) is 3.85. The summed E-state index contributed by atoms with van der Waals surface area (Å²) in [6.07, 6.45) is 5.35. The molecule has 2 N–H and O–H groups in total. The monoisotopic (exact) mass is 242 g/mol. The van der Waals surface area contributed by atoms with Crippen molar-refractivity contribution in [2.45, 2.75) is 26.3 Å². The number of nitrogen functional groups attached to an aromatic ring is 1. The van der Waals surface area contributed by atoms with Gasteiger partial charge in [0, 0.05) is 30.4 Å².